The molecule has 1 aliphatic rings. The number of hydrogen-bond acceptors (Lipinski definition) is 4. The van der Waals surface area contributed by atoms with Crippen LogP contribution in [0.15, 0.2) is 0 Å². The Morgan fingerprint density at radius 1 is 0.848 bits per heavy atom. The van der Waals surface area contributed by atoms with E-state index in [-0.39, 0.29) is 5.91 Å². The molecule has 1 unspecified atom stereocenters. The van der Waals surface area contributed by atoms with E-state index in [0.717, 1.165) is 52.4 Å². The van der Waals surface area contributed by atoms with Gasteiger partial charge in [-0.05, 0) is 19.3 Å². The first-order valence-electron chi connectivity index (χ1n) is 13.8. The van der Waals surface area contributed by atoms with E-state index in [1.54, 1.807) is 0 Å². The minimum Gasteiger partial charge on any atom is -0.481 e. The monoisotopic (exact) mass is 470 g/mol. The van der Waals surface area contributed by atoms with Crippen LogP contribution in [0.25, 0.3) is 0 Å². The number of carbonyl (C=O) groups excluding carboxylic acids is 1. The van der Waals surface area contributed by atoms with Crippen LogP contribution < -0.4 is 10.6 Å². The molecule has 6 nitrogen and oxygen atoms in total. The molecule has 196 valence electrons. The maximum atomic E-state index is 11.9. The van der Waals surface area contributed by atoms with Crippen molar-refractivity contribution < 1.29 is 19.4 Å². The zero-order valence-electron chi connectivity index (χ0n) is 21.8. The molecule has 1 saturated heterocycles. The average Bonchev–Trinajstić information content (AvgIpc) is 2.79. The van der Waals surface area contributed by atoms with Crippen LogP contribution in [-0.2, 0) is 14.3 Å². The second kappa shape index (κ2) is 25.5. The van der Waals surface area contributed by atoms with E-state index in [1.807, 2.05) is 0 Å². The molecule has 0 spiro atoms. The van der Waals surface area contributed by atoms with Gasteiger partial charge in [0.1, 0.15) is 0 Å². The number of ether oxygens (including phenoxy) is 1. The smallest absolute Gasteiger partial charge is 0.300 e. The van der Waals surface area contributed by atoms with Crippen LogP contribution in [0.1, 0.15) is 129 Å². The van der Waals surface area contributed by atoms with Gasteiger partial charge in [-0.1, -0.05) is 96.8 Å². The van der Waals surface area contributed by atoms with E-state index >= 15 is 0 Å². The molecule has 1 heterocycles. The Balaban J connectivity index is 0.00000235. The Kier molecular flexibility index (Phi) is 24.6. The van der Waals surface area contributed by atoms with Crippen molar-refractivity contribution in [1.29, 1.82) is 0 Å². The third kappa shape index (κ3) is 27.0. The highest BCUT2D eigenvalue weighted by molar-refractivity contribution is 5.75. The van der Waals surface area contributed by atoms with Gasteiger partial charge in [0.15, 0.2) is 0 Å². The first-order valence-corrected chi connectivity index (χ1v) is 13.8. The topological polar surface area (TPSA) is 87.7 Å². The molecule has 3 N–H and O–H groups in total. The molecule has 0 bridgehead atoms. The molecule has 1 atom stereocenters. The van der Waals surface area contributed by atoms with Crippen molar-refractivity contribution in [3.63, 3.8) is 0 Å². The summed E-state index contributed by atoms with van der Waals surface area (Å²) >= 11 is 0. The van der Waals surface area contributed by atoms with Crippen molar-refractivity contribution in [2.24, 2.45) is 0 Å². The molecule has 1 aliphatic heterocycles. The third-order valence-electron chi connectivity index (χ3n) is 6.04. The molecular formula is C27H54N2O4. The maximum absolute atomic E-state index is 11.9. The molecule has 33 heavy (non-hydrogen) atoms. The lowest BCUT2D eigenvalue weighted by Gasteiger charge is -2.23. The molecule has 0 saturated carbocycles. The number of aliphatic carboxylic acids is 1. The summed E-state index contributed by atoms with van der Waals surface area (Å²) in [5.41, 5.74) is 0. The Morgan fingerprint density at radius 2 is 1.33 bits per heavy atom. The quantitative estimate of drug-likeness (QED) is 0.184. The van der Waals surface area contributed by atoms with Crippen LogP contribution in [0.2, 0.25) is 0 Å². The molecule has 1 rings (SSSR count). The van der Waals surface area contributed by atoms with Gasteiger partial charge in [0, 0.05) is 33.0 Å². The van der Waals surface area contributed by atoms with E-state index in [0.29, 0.717) is 12.5 Å². The number of hydrogen-bond donors (Lipinski definition) is 3. The number of rotatable bonds is 20. The lowest BCUT2D eigenvalue weighted by molar-refractivity contribution is -0.134. The standard InChI is InChI=1S/C25H50N2O2.C2H4O2/c1-2-3-4-5-6-7-8-9-10-11-12-13-14-15-16-19-25(28)27-20-17-18-24-23-26-21-22-29-24;1-2(3)4/h24,26H,2-23H2,1H3,(H,27,28);1H3,(H,3,4). The second-order valence-corrected chi connectivity index (χ2v) is 9.41. The summed E-state index contributed by atoms with van der Waals surface area (Å²) in [5.74, 6) is -0.609. The SMILES string of the molecule is CC(=O)O.CCCCCCCCCCCCCCCCCC(=O)NCCCC1CNCCO1. The molecular weight excluding hydrogens is 416 g/mol. The highest BCUT2D eigenvalue weighted by atomic mass is 16.5. The van der Waals surface area contributed by atoms with Gasteiger partial charge in [-0.2, -0.15) is 0 Å². The maximum Gasteiger partial charge on any atom is 0.300 e. The number of carboxylic acid groups (broad SMARTS) is 1. The van der Waals surface area contributed by atoms with Crippen LogP contribution in [0, 0.1) is 0 Å². The zero-order valence-corrected chi connectivity index (χ0v) is 21.8. The van der Waals surface area contributed by atoms with Crippen molar-refractivity contribution in [3.8, 4) is 0 Å². The summed E-state index contributed by atoms with van der Waals surface area (Å²) in [7, 11) is 0. The predicted molar refractivity (Wildman–Crippen MR) is 138 cm³/mol. The third-order valence-corrected chi connectivity index (χ3v) is 6.04. The van der Waals surface area contributed by atoms with E-state index in [9.17, 15) is 4.79 Å². The molecule has 0 aromatic rings. The predicted octanol–water partition coefficient (Wildman–Crippen LogP) is 6.22. The van der Waals surface area contributed by atoms with Gasteiger partial charge in [-0.3, -0.25) is 9.59 Å². The molecule has 0 radical (unpaired) electrons. The van der Waals surface area contributed by atoms with Crippen molar-refractivity contribution in [2.75, 3.05) is 26.2 Å². The summed E-state index contributed by atoms with van der Waals surface area (Å²) in [6, 6.07) is 0. The normalized spacial score (nSPS) is 15.5. The highest BCUT2D eigenvalue weighted by Crippen LogP contribution is 2.13. The van der Waals surface area contributed by atoms with Gasteiger partial charge in [0.05, 0.1) is 12.7 Å². The fourth-order valence-electron chi connectivity index (χ4n) is 4.11. The molecule has 0 aromatic heterocycles. The molecule has 0 aliphatic carbocycles. The van der Waals surface area contributed by atoms with Gasteiger partial charge in [-0.25, -0.2) is 0 Å². The second-order valence-electron chi connectivity index (χ2n) is 9.41. The fraction of sp³-hybridized carbons (Fsp3) is 0.926. The van der Waals surface area contributed by atoms with Crippen LogP contribution in [0.4, 0.5) is 0 Å². The molecule has 0 aromatic carbocycles. The van der Waals surface area contributed by atoms with Gasteiger partial charge in [-0.15, -0.1) is 0 Å². The summed E-state index contributed by atoms with van der Waals surface area (Å²) in [6.45, 7) is 6.89. The minimum atomic E-state index is -0.833. The number of carboxylic acids is 1. The largest absolute Gasteiger partial charge is 0.481 e. The van der Waals surface area contributed by atoms with Crippen molar-refractivity contribution in [2.45, 2.75) is 136 Å². The Labute approximate surface area is 204 Å². The average molecular weight is 471 g/mol. The van der Waals surface area contributed by atoms with E-state index < -0.39 is 5.97 Å². The summed E-state index contributed by atoms with van der Waals surface area (Å²) in [6.07, 6.45) is 23.5. The first kappa shape index (κ1) is 31.9. The molecule has 1 fully saturated rings. The first-order chi connectivity index (χ1) is 16.1. The minimum absolute atomic E-state index is 0.224. The molecule has 6 heteroatoms. The number of amides is 1. The van der Waals surface area contributed by atoms with Crippen molar-refractivity contribution in [1.82, 2.24) is 10.6 Å². The number of nitrogens with one attached hydrogen (secondary N) is 2. The van der Waals surface area contributed by atoms with E-state index in [1.165, 1.54) is 89.9 Å². The van der Waals surface area contributed by atoms with E-state index in [2.05, 4.69) is 17.6 Å². The van der Waals surface area contributed by atoms with Gasteiger partial charge >= 0.3 is 0 Å². The van der Waals surface area contributed by atoms with Crippen LogP contribution in [0.3, 0.4) is 0 Å². The Hall–Kier alpha value is -1.14. The lowest BCUT2D eigenvalue weighted by Crippen LogP contribution is -2.38. The Bertz CT molecular complexity index is 436. The summed E-state index contributed by atoms with van der Waals surface area (Å²) in [5, 5.41) is 13.8. The summed E-state index contributed by atoms with van der Waals surface area (Å²) in [4.78, 5) is 20.9. The number of unbranched alkanes of at least 4 members (excludes halogenated alkanes) is 14. The lowest BCUT2D eigenvalue weighted by atomic mass is 10.0. The zero-order chi connectivity index (χ0) is 24.4. The number of carbonyl (C=O) groups is 2. The van der Waals surface area contributed by atoms with Crippen LogP contribution in [-0.4, -0.2) is 49.3 Å². The Morgan fingerprint density at radius 3 is 1.79 bits per heavy atom. The fourth-order valence-corrected chi connectivity index (χ4v) is 4.11. The van der Waals surface area contributed by atoms with Gasteiger partial charge in [0.25, 0.3) is 5.97 Å². The van der Waals surface area contributed by atoms with Crippen LogP contribution in [0.5, 0.6) is 0 Å². The van der Waals surface area contributed by atoms with Crippen molar-refractivity contribution >= 4 is 11.9 Å². The summed E-state index contributed by atoms with van der Waals surface area (Å²) < 4.78 is 5.67. The number of morpholine rings is 1. The highest BCUT2D eigenvalue weighted by Gasteiger charge is 2.12. The van der Waals surface area contributed by atoms with Crippen molar-refractivity contribution in [3.05, 3.63) is 0 Å². The van der Waals surface area contributed by atoms with Crippen LogP contribution >= 0.6 is 0 Å². The van der Waals surface area contributed by atoms with Gasteiger partial charge < -0.3 is 20.5 Å². The molecule has 1 amide bonds. The van der Waals surface area contributed by atoms with E-state index in [4.69, 9.17) is 14.6 Å². The van der Waals surface area contributed by atoms with Gasteiger partial charge in [0.2, 0.25) is 5.91 Å².